The molecule has 0 aliphatic rings. The first-order valence-electron chi connectivity index (χ1n) is 10.7. The number of hydrogen-bond acceptors (Lipinski definition) is 5. The van der Waals surface area contributed by atoms with Crippen LogP contribution in [0.25, 0.3) is 28.1 Å². The van der Waals surface area contributed by atoms with Gasteiger partial charge in [-0.25, -0.2) is 13.4 Å². The summed E-state index contributed by atoms with van der Waals surface area (Å²) in [6.45, 7) is 1.32. The highest BCUT2D eigenvalue weighted by Crippen LogP contribution is 2.38. The second-order valence-corrected chi connectivity index (χ2v) is 10.4. The molecule has 0 spiro atoms. The van der Waals surface area contributed by atoms with Crippen LogP contribution in [0, 0.1) is 11.3 Å². The third-order valence-electron chi connectivity index (χ3n) is 5.65. The molecule has 198 valence electrons. The Labute approximate surface area is 212 Å². The van der Waals surface area contributed by atoms with E-state index in [1.165, 1.54) is 4.57 Å². The highest BCUT2D eigenvalue weighted by Gasteiger charge is 2.49. The van der Waals surface area contributed by atoms with Gasteiger partial charge < -0.3 is 0 Å². The Balaban J connectivity index is 1.91. The quantitative estimate of drug-likeness (QED) is 0.325. The van der Waals surface area contributed by atoms with Gasteiger partial charge >= 0.3 is 12.4 Å². The number of halogens is 6. The Bertz CT molecular complexity index is 1650. The average Bonchev–Trinajstić information content (AvgIpc) is 3.16. The van der Waals surface area contributed by atoms with Crippen molar-refractivity contribution in [3.8, 4) is 23.1 Å². The smallest absolute Gasteiger partial charge is 0.291 e. The number of nitriles is 1. The number of nitrogens with zero attached hydrogens (tertiary/aromatic N) is 4. The van der Waals surface area contributed by atoms with E-state index in [-0.39, 0.29) is 28.0 Å². The second-order valence-electron chi connectivity index (χ2n) is 8.71. The summed E-state index contributed by atoms with van der Waals surface area (Å²) in [5, 5.41) is 9.79. The van der Waals surface area contributed by atoms with E-state index in [2.05, 4.69) is 9.97 Å². The summed E-state index contributed by atoms with van der Waals surface area (Å²) in [7, 11) is -4.67. The zero-order valence-corrected chi connectivity index (χ0v) is 20.4. The molecule has 4 aromatic rings. The molecule has 7 nitrogen and oxygen atoms in total. The lowest BCUT2D eigenvalue weighted by Crippen LogP contribution is -2.54. The van der Waals surface area contributed by atoms with E-state index >= 15 is 0 Å². The Morgan fingerprint density at radius 2 is 1.61 bits per heavy atom. The third kappa shape index (κ3) is 4.82. The Morgan fingerprint density at radius 1 is 0.947 bits per heavy atom. The number of nitrogens with one attached hydrogen (secondary N) is 1. The molecule has 0 fully saturated rings. The van der Waals surface area contributed by atoms with Gasteiger partial charge in [-0.05, 0) is 44.2 Å². The molecule has 1 N–H and O–H groups in total. The van der Waals surface area contributed by atoms with E-state index in [9.17, 15) is 40.0 Å². The van der Waals surface area contributed by atoms with Crippen molar-refractivity contribution in [1.82, 2.24) is 19.3 Å². The van der Waals surface area contributed by atoms with Crippen LogP contribution in [0.2, 0.25) is 0 Å². The molecule has 14 heteroatoms. The SMILES string of the molecule is CC(C)(NS(=O)(=O)c1ccc(-c2c(C#N)c3cc(C(F)(F)F)cnc3n2-c2ccccc2)nc1)C(F)(F)F. The Hall–Kier alpha value is -3.96. The minimum atomic E-state index is -4.88. The van der Waals surface area contributed by atoms with E-state index in [4.69, 9.17) is 0 Å². The summed E-state index contributed by atoms with van der Waals surface area (Å²) in [5.74, 6) is 0. The molecule has 3 heterocycles. The van der Waals surface area contributed by atoms with Crippen LogP contribution in [0.1, 0.15) is 25.0 Å². The zero-order valence-electron chi connectivity index (χ0n) is 19.6. The first-order valence-corrected chi connectivity index (χ1v) is 12.2. The van der Waals surface area contributed by atoms with Gasteiger partial charge in [-0.15, -0.1) is 0 Å². The maximum Gasteiger partial charge on any atom is 0.417 e. The zero-order chi connectivity index (χ0) is 28.1. The highest BCUT2D eigenvalue weighted by atomic mass is 32.2. The van der Waals surface area contributed by atoms with Crippen LogP contribution in [-0.2, 0) is 16.2 Å². The van der Waals surface area contributed by atoms with Crippen LogP contribution in [-0.4, -0.2) is 34.7 Å². The fourth-order valence-electron chi connectivity index (χ4n) is 3.64. The van der Waals surface area contributed by atoms with Crippen molar-refractivity contribution in [1.29, 1.82) is 5.26 Å². The van der Waals surface area contributed by atoms with Gasteiger partial charge in [0.05, 0.1) is 22.5 Å². The van der Waals surface area contributed by atoms with Crippen LogP contribution in [0.4, 0.5) is 26.3 Å². The minimum absolute atomic E-state index is 0.0165. The topological polar surface area (TPSA) is 101 Å². The van der Waals surface area contributed by atoms with Crippen molar-refractivity contribution in [3.05, 3.63) is 72.1 Å². The largest absolute Gasteiger partial charge is 0.417 e. The molecule has 0 atom stereocenters. The summed E-state index contributed by atoms with van der Waals surface area (Å²) in [4.78, 5) is 7.41. The molecule has 0 unspecified atom stereocenters. The first-order chi connectivity index (χ1) is 17.6. The number of pyridine rings is 2. The van der Waals surface area contributed by atoms with Gasteiger partial charge in [0.25, 0.3) is 0 Å². The molecule has 0 aliphatic carbocycles. The fourth-order valence-corrected chi connectivity index (χ4v) is 4.98. The van der Waals surface area contributed by atoms with Gasteiger partial charge in [0.15, 0.2) is 0 Å². The first kappa shape index (κ1) is 27.1. The summed E-state index contributed by atoms with van der Waals surface area (Å²) in [6.07, 6.45) is -8.18. The van der Waals surface area contributed by atoms with Crippen molar-refractivity contribution in [2.45, 2.75) is 36.6 Å². The monoisotopic (exact) mass is 553 g/mol. The predicted octanol–water partition coefficient (Wildman–Crippen LogP) is 5.60. The van der Waals surface area contributed by atoms with Gasteiger partial charge in [0, 0.05) is 23.5 Å². The minimum Gasteiger partial charge on any atom is -0.291 e. The number of hydrogen-bond donors (Lipinski definition) is 1. The number of para-hydroxylation sites is 1. The van der Waals surface area contributed by atoms with Crippen molar-refractivity contribution >= 4 is 21.1 Å². The molecular formula is C24H17F6N5O2S. The van der Waals surface area contributed by atoms with Gasteiger partial charge in [-0.1, -0.05) is 18.2 Å². The number of benzene rings is 1. The number of rotatable bonds is 5. The highest BCUT2D eigenvalue weighted by molar-refractivity contribution is 7.89. The maximum atomic E-state index is 13.4. The number of fused-ring (bicyclic) bond motifs is 1. The third-order valence-corrected chi connectivity index (χ3v) is 7.29. The Morgan fingerprint density at radius 3 is 2.13 bits per heavy atom. The number of sulfonamides is 1. The van der Waals surface area contributed by atoms with Crippen molar-refractivity contribution in [2.24, 2.45) is 0 Å². The van der Waals surface area contributed by atoms with Crippen LogP contribution in [0.5, 0.6) is 0 Å². The molecule has 3 aromatic heterocycles. The normalized spacial score (nSPS) is 13.0. The lowest BCUT2D eigenvalue weighted by Gasteiger charge is -2.28. The molecule has 0 saturated heterocycles. The lowest BCUT2D eigenvalue weighted by molar-refractivity contribution is -0.180. The molecule has 0 bridgehead atoms. The molecule has 0 amide bonds. The molecule has 0 aliphatic heterocycles. The van der Waals surface area contributed by atoms with E-state index in [0.29, 0.717) is 25.7 Å². The molecule has 38 heavy (non-hydrogen) atoms. The predicted molar refractivity (Wildman–Crippen MR) is 124 cm³/mol. The second kappa shape index (κ2) is 9.10. The summed E-state index contributed by atoms with van der Waals surface area (Å²) >= 11 is 0. The van der Waals surface area contributed by atoms with Crippen molar-refractivity contribution in [3.63, 3.8) is 0 Å². The average molecular weight is 553 g/mol. The number of aromatic nitrogens is 3. The molecule has 0 saturated carbocycles. The van der Waals surface area contributed by atoms with Crippen molar-refractivity contribution < 1.29 is 34.8 Å². The summed E-state index contributed by atoms with van der Waals surface area (Å²) in [6, 6.07) is 13.0. The van der Waals surface area contributed by atoms with E-state index in [0.717, 1.165) is 24.4 Å². The maximum absolute atomic E-state index is 13.4. The Kier molecular flexibility index (Phi) is 6.49. The molecular weight excluding hydrogens is 536 g/mol. The lowest BCUT2D eigenvalue weighted by atomic mass is 10.1. The van der Waals surface area contributed by atoms with Gasteiger partial charge in [-0.3, -0.25) is 9.55 Å². The van der Waals surface area contributed by atoms with Gasteiger partial charge in [0.1, 0.15) is 22.2 Å². The van der Waals surface area contributed by atoms with Gasteiger partial charge in [0.2, 0.25) is 10.0 Å². The molecule has 0 radical (unpaired) electrons. The fraction of sp³-hybridized carbons (Fsp3) is 0.208. The van der Waals surface area contributed by atoms with E-state index in [1.54, 1.807) is 35.1 Å². The molecule has 4 rings (SSSR count). The van der Waals surface area contributed by atoms with Crippen LogP contribution >= 0.6 is 0 Å². The number of alkyl halides is 6. The van der Waals surface area contributed by atoms with Crippen molar-refractivity contribution in [2.75, 3.05) is 0 Å². The summed E-state index contributed by atoms with van der Waals surface area (Å²) < 4.78 is 108. The van der Waals surface area contributed by atoms with Crippen LogP contribution < -0.4 is 4.72 Å². The summed E-state index contributed by atoms with van der Waals surface area (Å²) in [5.41, 5.74) is -3.62. The van der Waals surface area contributed by atoms with Crippen LogP contribution in [0.15, 0.2) is 65.8 Å². The van der Waals surface area contributed by atoms with E-state index in [1.807, 2.05) is 6.07 Å². The van der Waals surface area contributed by atoms with Gasteiger partial charge in [-0.2, -0.15) is 36.3 Å². The van der Waals surface area contributed by atoms with E-state index < -0.39 is 38.4 Å². The standard InChI is InChI=1S/C24H17F6N5O2S/c1-22(2,24(28,29)30)34-38(36,37)16-8-9-19(32-13-16)20-18(11-31)17-10-14(23(25,26)27)12-33-21(17)35(20)15-6-4-3-5-7-15/h3-10,12-13,34H,1-2H3. The van der Waals surface area contributed by atoms with Crippen LogP contribution in [0.3, 0.4) is 0 Å². The molecule has 1 aromatic carbocycles.